The summed E-state index contributed by atoms with van der Waals surface area (Å²) in [5.41, 5.74) is 42.0. The Balaban J connectivity index is 0.000000121. The molecule has 0 saturated carbocycles. The first kappa shape index (κ1) is 82.4. The lowest BCUT2D eigenvalue weighted by Gasteiger charge is -2.22. The minimum absolute atomic E-state index is 0.0315. The molecule has 0 amide bonds. The van der Waals surface area contributed by atoms with Crippen LogP contribution in [0.15, 0.2) is 267 Å². The molecule has 0 aliphatic heterocycles. The van der Waals surface area contributed by atoms with Gasteiger partial charge < -0.3 is 0 Å². The van der Waals surface area contributed by atoms with Crippen molar-refractivity contribution in [1.29, 1.82) is 0 Å². The van der Waals surface area contributed by atoms with E-state index in [2.05, 4.69) is 423 Å². The van der Waals surface area contributed by atoms with E-state index in [1.54, 1.807) is 0 Å². The predicted molar refractivity (Wildman–Crippen MR) is 497 cm³/mol. The van der Waals surface area contributed by atoms with Crippen LogP contribution in [-0.4, -0.2) is 0 Å². The van der Waals surface area contributed by atoms with E-state index >= 15 is 0 Å². The summed E-state index contributed by atoms with van der Waals surface area (Å²) in [6, 6.07) is 96.8. The number of benzene rings is 12. The maximum atomic E-state index is 14.1. The van der Waals surface area contributed by atoms with Gasteiger partial charge in [0, 0.05) is 121 Å². The van der Waals surface area contributed by atoms with Gasteiger partial charge in [0.25, 0.3) is 0 Å². The van der Waals surface area contributed by atoms with Gasteiger partial charge in [-0.3, -0.25) is 0 Å². The molecule has 1 aliphatic rings. The van der Waals surface area contributed by atoms with Crippen LogP contribution < -0.4 is 22.8 Å². The summed E-state index contributed by atoms with van der Waals surface area (Å²) >= 11 is 0. The summed E-state index contributed by atoms with van der Waals surface area (Å²) in [6.07, 6.45) is 1.11. The highest BCUT2D eigenvalue weighted by atomic mass is 19.1. The fraction of sp³-hybridized carbons (Fsp3) is 0.241. The normalized spacial score (nSPS) is 12.0. The molecule has 1 aliphatic carbocycles. The number of fused-ring (bicyclic) bond motifs is 9. The Labute approximate surface area is 700 Å². The first-order chi connectivity index (χ1) is 56.4. The molecule has 0 radical (unpaired) electrons. The second-order valence-corrected chi connectivity index (χ2v) is 34.6. The average molecular weight is 1550 g/mol. The monoisotopic (exact) mass is 1550 g/mol. The number of aromatic nitrogens is 5. The quantitative estimate of drug-likeness (QED) is 0.135. The van der Waals surface area contributed by atoms with Gasteiger partial charge in [0.05, 0.1) is 0 Å². The summed E-state index contributed by atoms with van der Waals surface area (Å²) in [6.45, 7) is 39.3. The molecule has 5 heterocycles. The predicted octanol–water partition coefficient (Wildman–Crippen LogP) is 26.3. The molecule has 0 bridgehead atoms. The summed E-state index contributed by atoms with van der Waals surface area (Å²) < 4.78 is 25.6. The average Bonchev–Trinajstić information content (AvgIpc) is 1.53. The lowest BCUT2D eigenvalue weighted by Crippen LogP contribution is -2.33. The Morgan fingerprint density at radius 1 is 0.280 bits per heavy atom. The molecule has 0 fully saturated rings. The molecule has 0 atom stereocenters. The molecule has 5 aromatic heterocycles. The van der Waals surface area contributed by atoms with E-state index < -0.39 is 0 Å². The fourth-order valence-corrected chi connectivity index (χ4v) is 18.4. The second-order valence-electron chi connectivity index (χ2n) is 34.6. The summed E-state index contributed by atoms with van der Waals surface area (Å²) in [5, 5.41) is 9.11. The molecular formula is C112H117FN5+5. The largest absolute Gasteiger partial charge is 0.213 e. The van der Waals surface area contributed by atoms with E-state index in [1.165, 1.54) is 194 Å². The van der Waals surface area contributed by atoms with Crippen LogP contribution in [-0.2, 0) is 47.1 Å². The molecule has 592 valence electrons. The third-order valence-corrected chi connectivity index (χ3v) is 25.4. The van der Waals surface area contributed by atoms with Crippen molar-refractivity contribution in [3.8, 4) is 67.4 Å². The zero-order valence-corrected chi connectivity index (χ0v) is 73.9. The number of hydrogen-bond acceptors (Lipinski definition) is 0. The third-order valence-electron chi connectivity index (χ3n) is 25.4. The number of pyridine rings is 5. The SMILES string of the molecule is Cc1cc(-c2cc(C)c3ccccc3[n+]2C)c(C)c(C)c1F.Cc1cc(C)c(C)c(-c2cc(C(C)C)c3ccccc3[n+]2C)c1.Cc1cc(C)c(C)c(-c2cc(CC(C)C)c3ccccc3[n+]2C)c1.Cc1cc2c(cc1-c1ccc3ccccc3[n+]1C)C(C)(C)c1ccccc1-2.Cc1cc2ccccc2cc1-c1ccc2ccccc2[n+]1C. The van der Waals surface area contributed by atoms with Crippen molar-refractivity contribution in [2.45, 2.75) is 142 Å². The molecule has 0 saturated heterocycles. The van der Waals surface area contributed by atoms with Gasteiger partial charge in [-0.15, -0.1) is 0 Å². The molecule has 12 aromatic carbocycles. The number of aryl methyl sites for hydroxylation is 13. The van der Waals surface area contributed by atoms with Crippen molar-refractivity contribution >= 4 is 65.3 Å². The van der Waals surface area contributed by atoms with Crippen molar-refractivity contribution in [2.75, 3.05) is 0 Å². The molecule has 5 nitrogen and oxygen atoms in total. The van der Waals surface area contributed by atoms with E-state index in [1.807, 2.05) is 26.8 Å². The smallest absolute Gasteiger partial charge is 0.206 e. The third kappa shape index (κ3) is 15.9. The molecule has 18 rings (SSSR count). The van der Waals surface area contributed by atoms with E-state index in [0.29, 0.717) is 17.4 Å². The van der Waals surface area contributed by atoms with Crippen LogP contribution in [0.1, 0.15) is 136 Å². The number of hydrogen-bond donors (Lipinski definition) is 0. The van der Waals surface area contributed by atoms with Crippen LogP contribution in [0.2, 0.25) is 0 Å². The number of para-hydroxylation sites is 5. The van der Waals surface area contributed by atoms with E-state index in [4.69, 9.17) is 0 Å². The Kier molecular flexibility index (Phi) is 23.6. The first-order valence-corrected chi connectivity index (χ1v) is 42.1. The van der Waals surface area contributed by atoms with Gasteiger partial charge >= 0.3 is 0 Å². The van der Waals surface area contributed by atoms with Crippen LogP contribution in [0.5, 0.6) is 0 Å². The van der Waals surface area contributed by atoms with Crippen molar-refractivity contribution in [1.82, 2.24) is 0 Å². The molecule has 0 unspecified atom stereocenters. The lowest BCUT2D eigenvalue weighted by molar-refractivity contribution is -0.633. The van der Waals surface area contributed by atoms with Crippen LogP contribution in [0.25, 0.3) is 133 Å². The lowest BCUT2D eigenvalue weighted by atomic mass is 9.81. The summed E-state index contributed by atoms with van der Waals surface area (Å²) in [5.74, 6) is 1.06. The van der Waals surface area contributed by atoms with Gasteiger partial charge in [-0.25, -0.2) is 4.39 Å². The Hall–Kier alpha value is -12.1. The van der Waals surface area contributed by atoms with Gasteiger partial charge in [0.15, 0.2) is 0 Å². The van der Waals surface area contributed by atoms with E-state index in [0.717, 1.165) is 28.8 Å². The zero-order valence-electron chi connectivity index (χ0n) is 73.9. The number of rotatable bonds is 8. The van der Waals surface area contributed by atoms with Gasteiger partial charge in [-0.05, 0) is 274 Å². The summed E-state index contributed by atoms with van der Waals surface area (Å²) in [7, 11) is 10.8. The van der Waals surface area contributed by atoms with Gasteiger partial charge in [0.1, 0.15) is 41.1 Å². The minimum Gasteiger partial charge on any atom is -0.206 e. The molecular weight excluding hydrogens is 1430 g/mol. The van der Waals surface area contributed by atoms with Crippen LogP contribution in [0.4, 0.5) is 4.39 Å². The standard InChI is InChI=1S/C26H24N.C23H28N.C22H26N.C21H18N.C20H21FN/c1-17-15-21-19-10-6-7-11-22(19)26(2,3)23(21)16-20(17)25-14-13-18-9-5-8-12-24(18)27(25)4;1-15(2)11-19-14-23(21-13-16(3)12-17(4)18(21)5)24(6)22-10-8-7-9-20(19)22;1-14(2)19-13-22(20-12-15(3)11-16(4)17(20)5)23(6)21-10-8-7-9-18(19)21;1-15-13-17-8-3-4-9-18(17)14-19(15)21-12-11-16-7-5-6-10-20(16)22(21)2;1-12-11-19(22(5)18-9-7-6-8-16(12)18)17-10-13(2)20(21)15(4)14(17)3/h5-16H,1-4H3;7-10,12-15H,11H2,1-6H3;7-14H,1-6H3;3-14H,1-2H3;6-11H,1-5H3/q5*+1. The summed E-state index contributed by atoms with van der Waals surface area (Å²) in [4.78, 5) is 0. The molecule has 0 N–H and O–H groups in total. The highest BCUT2D eigenvalue weighted by molar-refractivity contribution is 5.91. The number of nitrogens with zero attached hydrogens (tertiary/aromatic N) is 5. The Morgan fingerprint density at radius 2 is 0.686 bits per heavy atom. The van der Waals surface area contributed by atoms with Gasteiger partial charge in [0.2, 0.25) is 56.1 Å². The van der Waals surface area contributed by atoms with Crippen molar-refractivity contribution < 1.29 is 27.2 Å². The molecule has 118 heavy (non-hydrogen) atoms. The highest BCUT2D eigenvalue weighted by Gasteiger charge is 2.37. The maximum absolute atomic E-state index is 14.1. The highest BCUT2D eigenvalue weighted by Crippen LogP contribution is 2.50. The van der Waals surface area contributed by atoms with Crippen LogP contribution in [0, 0.1) is 94.8 Å². The molecule has 17 aromatic rings. The molecule has 0 spiro atoms. The second kappa shape index (κ2) is 33.8. The fourth-order valence-electron chi connectivity index (χ4n) is 18.4. The number of halogens is 1. The minimum atomic E-state index is -0.0959. The van der Waals surface area contributed by atoms with Crippen molar-refractivity contribution in [3.05, 3.63) is 362 Å². The Morgan fingerprint density at radius 3 is 1.23 bits per heavy atom. The van der Waals surface area contributed by atoms with Crippen LogP contribution >= 0.6 is 0 Å². The maximum Gasteiger partial charge on any atom is 0.213 e. The zero-order chi connectivity index (χ0) is 84.0. The first-order valence-electron chi connectivity index (χ1n) is 42.1. The van der Waals surface area contributed by atoms with Gasteiger partial charge in [-0.1, -0.05) is 186 Å². The van der Waals surface area contributed by atoms with Crippen molar-refractivity contribution in [2.24, 2.45) is 41.2 Å². The van der Waals surface area contributed by atoms with Gasteiger partial charge in [-0.2, -0.15) is 22.8 Å². The molecule has 6 heteroatoms. The van der Waals surface area contributed by atoms with E-state index in [9.17, 15) is 4.39 Å². The van der Waals surface area contributed by atoms with E-state index in [-0.39, 0.29) is 11.2 Å². The van der Waals surface area contributed by atoms with Crippen LogP contribution in [0.3, 0.4) is 0 Å². The Bertz CT molecular complexity index is 6780. The van der Waals surface area contributed by atoms with Crippen molar-refractivity contribution in [3.63, 3.8) is 0 Å². The topological polar surface area (TPSA) is 19.4 Å².